The monoisotopic (exact) mass is 459 g/mol. The van der Waals surface area contributed by atoms with Gasteiger partial charge in [0.15, 0.2) is 20.6 Å². The van der Waals surface area contributed by atoms with Gasteiger partial charge in [0, 0.05) is 24.4 Å². The molecule has 6 nitrogen and oxygen atoms in total. The van der Waals surface area contributed by atoms with E-state index in [1.165, 1.54) is 11.3 Å². The molecule has 0 spiro atoms. The Morgan fingerprint density at radius 3 is 2.45 bits per heavy atom. The topological polar surface area (TPSA) is 90.4 Å². The molecule has 1 atom stereocenters. The largest absolute Gasteiger partial charge is 0.381 e. The van der Waals surface area contributed by atoms with Crippen LogP contribution in [0, 0.1) is 0 Å². The van der Waals surface area contributed by atoms with Gasteiger partial charge in [-0.1, -0.05) is 23.8 Å². The van der Waals surface area contributed by atoms with Crippen LogP contribution in [0.5, 0.6) is 0 Å². The highest BCUT2D eigenvalue weighted by Gasteiger charge is 2.36. The number of rotatable bonds is 9. The molecule has 1 unspecified atom stereocenters. The van der Waals surface area contributed by atoms with Gasteiger partial charge in [-0.05, 0) is 43.4 Å². The van der Waals surface area contributed by atoms with Crippen molar-refractivity contribution in [2.45, 2.75) is 54.6 Å². The minimum atomic E-state index is -3.27. The number of thiazole rings is 1. The number of aromatic nitrogens is 1. The lowest BCUT2D eigenvalue weighted by Gasteiger charge is -2.19. The zero-order chi connectivity index (χ0) is 21.8. The first kappa shape index (κ1) is 22.0. The van der Waals surface area contributed by atoms with Crippen LogP contribution in [0.1, 0.15) is 59.8 Å². The lowest BCUT2D eigenvalue weighted by atomic mass is 9.88. The molecule has 2 heterocycles. The Labute approximate surface area is 186 Å². The van der Waals surface area contributed by atoms with E-state index in [1.807, 2.05) is 6.08 Å². The van der Waals surface area contributed by atoms with Crippen LogP contribution in [0.2, 0.25) is 0 Å². The van der Waals surface area contributed by atoms with Crippen LogP contribution in [0.25, 0.3) is 0 Å². The number of ketones is 2. The third-order valence-electron chi connectivity index (χ3n) is 5.68. The van der Waals surface area contributed by atoms with Gasteiger partial charge in [-0.2, -0.15) is 0 Å². The zero-order valence-electron chi connectivity index (χ0n) is 17.2. The first-order valence-electron chi connectivity index (χ1n) is 10.5. The second-order valence-electron chi connectivity index (χ2n) is 7.96. The van der Waals surface area contributed by atoms with E-state index in [0.29, 0.717) is 36.0 Å². The fraction of sp³-hybridized carbons (Fsp3) is 0.435. The number of ether oxygens (including phenoxy) is 1. The summed E-state index contributed by atoms with van der Waals surface area (Å²) < 4.78 is 30.4. The second kappa shape index (κ2) is 9.54. The molecule has 4 rings (SSSR count). The number of allylic oxidation sites excluding steroid dienone is 1. The summed E-state index contributed by atoms with van der Waals surface area (Å²) in [6, 6.07) is 6.67. The van der Waals surface area contributed by atoms with Gasteiger partial charge in [0.05, 0.1) is 29.3 Å². The zero-order valence-corrected chi connectivity index (χ0v) is 18.8. The number of Topliss-reactive ketones (excluding diaryl/α,β-unsaturated/α-hetero) is 2. The van der Waals surface area contributed by atoms with Crippen LogP contribution in [-0.4, -0.2) is 43.4 Å². The normalized spacial score (nSPS) is 17.9. The molecule has 2 aliphatic rings. The van der Waals surface area contributed by atoms with Crippen LogP contribution < -0.4 is 0 Å². The van der Waals surface area contributed by atoms with Gasteiger partial charge in [0.1, 0.15) is 5.78 Å². The van der Waals surface area contributed by atoms with Crippen molar-refractivity contribution in [3.05, 3.63) is 58.1 Å². The van der Waals surface area contributed by atoms with Gasteiger partial charge >= 0.3 is 0 Å². The number of carbonyl (C=O) groups excluding carboxylic acids is 2. The molecule has 1 aliphatic carbocycles. The van der Waals surface area contributed by atoms with Crippen molar-refractivity contribution in [1.82, 2.24) is 4.98 Å². The summed E-state index contributed by atoms with van der Waals surface area (Å²) in [6.07, 6.45) is 6.76. The molecule has 8 heteroatoms. The van der Waals surface area contributed by atoms with Gasteiger partial charge in [-0.15, -0.1) is 11.3 Å². The fourth-order valence-electron chi connectivity index (χ4n) is 3.71. The molecular formula is C23H25NO5S2. The molecule has 1 saturated carbocycles. The minimum Gasteiger partial charge on any atom is -0.381 e. The predicted octanol–water partition coefficient (Wildman–Crippen LogP) is 4.13. The summed E-state index contributed by atoms with van der Waals surface area (Å²) in [5.41, 5.74) is 1.91. The average molecular weight is 460 g/mol. The standard InChI is InChI=1S/C23H25NO5S2/c25-21(7-8-22(26)23-24-11-14-30-23)20(15-16-9-12-29-13-10-16)17-1-3-18(4-2-17)31(27,28)19-5-6-19/h1-4,11,14-15,19-20H,5-10,12-13H2. The summed E-state index contributed by atoms with van der Waals surface area (Å²) in [5, 5.41) is 1.89. The highest BCUT2D eigenvalue weighted by molar-refractivity contribution is 7.92. The molecule has 2 aromatic rings. The Morgan fingerprint density at radius 2 is 1.84 bits per heavy atom. The van der Waals surface area contributed by atoms with Crippen molar-refractivity contribution in [2.24, 2.45) is 0 Å². The number of sulfone groups is 1. The molecule has 1 saturated heterocycles. The quantitative estimate of drug-likeness (QED) is 0.414. The lowest BCUT2D eigenvalue weighted by molar-refractivity contribution is -0.119. The average Bonchev–Trinajstić information content (AvgIpc) is 3.52. The Balaban J connectivity index is 1.53. The number of hydrogen-bond acceptors (Lipinski definition) is 7. The summed E-state index contributed by atoms with van der Waals surface area (Å²) >= 11 is 1.27. The van der Waals surface area contributed by atoms with Gasteiger partial charge in [-0.3, -0.25) is 9.59 Å². The van der Waals surface area contributed by atoms with Crippen molar-refractivity contribution >= 4 is 32.7 Å². The van der Waals surface area contributed by atoms with Crippen molar-refractivity contribution in [3.8, 4) is 0 Å². The lowest BCUT2D eigenvalue weighted by Crippen LogP contribution is -2.15. The van der Waals surface area contributed by atoms with Gasteiger partial charge in [-0.25, -0.2) is 13.4 Å². The Bertz CT molecular complexity index is 1060. The van der Waals surface area contributed by atoms with Crippen LogP contribution >= 0.6 is 11.3 Å². The molecule has 1 aliphatic heterocycles. The maximum atomic E-state index is 13.1. The molecular weight excluding hydrogens is 434 g/mol. The predicted molar refractivity (Wildman–Crippen MR) is 118 cm³/mol. The van der Waals surface area contributed by atoms with Gasteiger partial charge < -0.3 is 4.74 Å². The van der Waals surface area contributed by atoms with Crippen LogP contribution in [-0.2, 0) is 19.4 Å². The molecule has 164 valence electrons. The van der Waals surface area contributed by atoms with Crippen molar-refractivity contribution in [1.29, 1.82) is 0 Å². The van der Waals surface area contributed by atoms with E-state index in [2.05, 4.69) is 4.98 Å². The maximum absolute atomic E-state index is 13.1. The molecule has 31 heavy (non-hydrogen) atoms. The van der Waals surface area contributed by atoms with Gasteiger partial charge in [0.2, 0.25) is 0 Å². The van der Waals surface area contributed by atoms with E-state index < -0.39 is 15.8 Å². The number of nitrogens with zero attached hydrogens (tertiary/aromatic N) is 1. The van der Waals surface area contributed by atoms with E-state index in [1.54, 1.807) is 35.8 Å². The Morgan fingerprint density at radius 1 is 1.13 bits per heavy atom. The molecule has 0 N–H and O–H groups in total. The summed E-state index contributed by atoms with van der Waals surface area (Å²) in [7, 11) is -3.27. The van der Waals surface area contributed by atoms with Gasteiger partial charge in [0.25, 0.3) is 0 Å². The number of hydrogen-bond donors (Lipinski definition) is 0. The van der Waals surface area contributed by atoms with Crippen LogP contribution in [0.15, 0.2) is 52.4 Å². The van der Waals surface area contributed by atoms with E-state index in [9.17, 15) is 18.0 Å². The third-order valence-corrected chi connectivity index (χ3v) is 8.78. The van der Waals surface area contributed by atoms with E-state index in [4.69, 9.17) is 4.74 Å². The maximum Gasteiger partial charge on any atom is 0.191 e. The SMILES string of the molecule is O=C(CCC(=O)C(C=C1CCOCC1)c1ccc(S(=O)(=O)C2CC2)cc1)c1nccs1. The molecule has 0 amide bonds. The van der Waals surface area contributed by atoms with E-state index in [0.717, 1.165) is 24.0 Å². The Hall–Kier alpha value is -2.16. The highest BCUT2D eigenvalue weighted by Crippen LogP contribution is 2.34. The summed E-state index contributed by atoms with van der Waals surface area (Å²) in [4.78, 5) is 29.7. The Kier molecular flexibility index (Phi) is 6.79. The minimum absolute atomic E-state index is 0.0540. The van der Waals surface area contributed by atoms with Crippen molar-refractivity contribution < 1.29 is 22.7 Å². The van der Waals surface area contributed by atoms with Crippen molar-refractivity contribution in [2.75, 3.05) is 13.2 Å². The molecule has 1 aromatic heterocycles. The first-order valence-corrected chi connectivity index (χ1v) is 12.9. The van der Waals surface area contributed by atoms with Crippen molar-refractivity contribution in [3.63, 3.8) is 0 Å². The number of benzene rings is 1. The van der Waals surface area contributed by atoms with E-state index in [-0.39, 0.29) is 29.7 Å². The number of carbonyl (C=O) groups is 2. The smallest absolute Gasteiger partial charge is 0.191 e. The summed E-state index contributed by atoms with van der Waals surface area (Å²) in [6.45, 7) is 1.27. The van der Waals surface area contributed by atoms with E-state index >= 15 is 0 Å². The molecule has 2 fully saturated rings. The summed E-state index contributed by atoms with van der Waals surface area (Å²) in [5.74, 6) is -0.691. The fourth-order valence-corrected chi connectivity index (χ4v) is 5.97. The first-order chi connectivity index (χ1) is 14.9. The van der Waals surface area contributed by atoms with Crippen LogP contribution in [0.3, 0.4) is 0 Å². The molecule has 1 aromatic carbocycles. The van der Waals surface area contributed by atoms with Crippen LogP contribution in [0.4, 0.5) is 0 Å². The highest BCUT2D eigenvalue weighted by atomic mass is 32.2. The third kappa shape index (κ3) is 5.37. The second-order valence-corrected chi connectivity index (χ2v) is 11.1. The molecule has 0 radical (unpaired) electrons. The molecule has 0 bridgehead atoms.